The highest BCUT2D eigenvalue weighted by Gasteiger charge is 2.38. The molecular formula is C41H53F3N12O8. The van der Waals surface area contributed by atoms with Gasteiger partial charge in [-0.2, -0.15) is 13.2 Å². The standard InChI is InChI=1S/C39H52N12O6.C2HF3O2/c1-3-10-34(53)47-31(19-26-21-43-23-46-26)37(56)49-30(17-24-11-5-4-6-12-24)36(55)48-29(15-9-16-44-39(41)42)35(54)50-32(38(57)51(2)22-33(40)52)18-25-20-45-28-14-8-7-13-27(25)28;3-2(4,5)1(6)7/h4-8,11-14,20-21,23,29-32,45H,3,9-10,15-19,22H2,1-2H3,(H2,40,52)(H,43,46)(H,47,53)(H,48,55)(H,49,56)(H,50,54)(H4,41,42,44);(H,6,7)/t29-,30-,31-,32-;/m0./s1. The molecule has 2 heterocycles. The molecule has 0 radical (unpaired) electrons. The van der Waals surface area contributed by atoms with Crippen LogP contribution in [0.1, 0.15) is 49.4 Å². The minimum Gasteiger partial charge on any atom is -0.475 e. The van der Waals surface area contributed by atoms with Gasteiger partial charge < -0.3 is 58.4 Å². The Morgan fingerprint density at radius 3 is 2.00 bits per heavy atom. The number of hydrogen-bond donors (Lipinski definition) is 10. The number of hydrogen-bond acceptors (Lipinski definition) is 9. The zero-order valence-electron chi connectivity index (χ0n) is 35.1. The number of guanidine groups is 1. The highest BCUT2D eigenvalue weighted by Crippen LogP contribution is 2.20. The summed E-state index contributed by atoms with van der Waals surface area (Å²) in [6.07, 6.45) is 0.856. The number of benzene rings is 2. The monoisotopic (exact) mass is 898 g/mol. The number of aliphatic carboxylic acids is 1. The number of carbonyl (C=O) groups is 7. The first-order chi connectivity index (χ1) is 30.3. The van der Waals surface area contributed by atoms with Crippen LogP contribution in [-0.4, -0.2) is 123 Å². The third kappa shape index (κ3) is 17.1. The molecule has 0 saturated heterocycles. The number of rotatable bonds is 22. The van der Waals surface area contributed by atoms with Gasteiger partial charge in [-0.1, -0.05) is 55.5 Å². The van der Waals surface area contributed by atoms with Gasteiger partial charge in [0.25, 0.3) is 0 Å². The molecule has 20 nitrogen and oxygen atoms in total. The number of nitrogens with two attached hydrogens (primary N) is 3. The van der Waals surface area contributed by atoms with E-state index in [4.69, 9.17) is 27.1 Å². The summed E-state index contributed by atoms with van der Waals surface area (Å²) in [5.41, 5.74) is 19.3. The van der Waals surface area contributed by atoms with Gasteiger partial charge in [-0.05, 0) is 36.5 Å². The fourth-order valence-corrected chi connectivity index (χ4v) is 6.27. The van der Waals surface area contributed by atoms with Crippen LogP contribution in [0.15, 0.2) is 78.3 Å². The van der Waals surface area contributed by atoms with Gasteiger partial charge in [0, 0.05) is 68.3 Å². The van der Waals surface area contributed by atoms with E-state index in [-0.39, 0.29) is 63.5 Å². The van der Waals surface area contributed by atoms with Crippen LogP contribution in [0.2, 0.25) is 0 Å². The first kappa shape index (κ1) is 50.9. The van der Waals surface area contributed by atoms with E-state index >= 15 is 0 Å². The normalized spacial score (nSPS) is 12.8. The number of carbonyl (C=O) groups excluding carboxylic acids is 6. The molecule has 4 aromatic rings. The molecule has 4 rings (SSSR count). The maximum Gasteiger partial charge on any atom is 0.490 e. The number of aromatic nitrogens is 3. The number of halogens is 3. The number of para-hydroxylation sites is 1. The summed E-state index contributed by atoms with van der Waals surface area (Å²) in [5.74, 6) is -6.59. The Morgan fingerprint density at radius 1 is 0.812 bits per heavy atom. The van der Waals surface area contributed by atoms with Gasteiger partial charge in [0.15, 0.2) is 5.96 Å². The van der Waals surface area contributed by atoms with E-state index in [1.54, 1.807) is 30.5 Å². The second-order valence-corrected chi connectivity index (χ2v) is 14.5. The lowest BCUT2D eigenvalue weighted by Gasteiger charge is -2.28. The number of fused-ring (bicyclic) bond motifs is 1. The SMILES string of the molecule is CCCC(=O)N[C@@H](Cc1cnc[nH]1)C(=O)N[C@@H](Cc1ccccc1)C(=O)N[C@@H](CCCN=C(N)N)C(=O)N[C@@H](Cc1c[nH]c2ccccc12)C(=O)N(C)CC(N)=O.O=C(O)C(F)(F)F. The minimum atomic E-state index is -5.08. The largest absolute Gasteiger partial charge is 0.490 e. The number of aromatic amines is 2. The maximum absolute atomic E-state index is 14.2. The summed E-state index contributed by atoms with van der Waals surface area (Å²) in [7, 11) is 1.40. The van der Waals surface area contributed by atoms with Gasteiger partial charge in [-0.25, -0.2) is 9.78 Å². The van der Waals surface area contributed by atoms with E-state index in [1.165, 1.54) is 19.6 Å². The van der Waals surface area contributed by atoms with Crippen LogP contribution in [-0.2, 0) is 52.8 Å². The van der Waals surface area contributed by atoms with Crippen LogP contribution in [0.5, 0.6) is 0 Å². The Hall–Kier alpha value is -7.46. The topological polar surface area (TPSA) is 326 Å². The molecule has 0 bridgehead atoms. The zero-order chi connectivity index (χ0) is 47.4. The van der Waals surface area contributed by atoms with E-state index in [9.17, 15) is 41.9 Å². The molecule has 64 heavy (non-hydrogen) atoms. The van der Waals surface area contributed by atoms with Crippen molar-refractivity contribution in [3.8, 4) is 0 Å². The van der Waals surface area contributed by atoms with Gasteiger partial charge in [0.1, 0.15) is 24.2 Å². The second kappa shape index (κ2) is 24.8. The number of nitrogens with zero attached hydrogens (tertiary/aromatic N) is 3. The van der Waals surface area contributed by atoms with Gasteiger partial charge >= 0.3 is 12.1 Å². The summed E-state index contributed by atoms with van der Waals surface area (Å²) in [6.45, 7) is 1.59. The number of carboxylic acids is 1. The zero-order valence-corrected chi connectivity index (χ0v) is 35.1. The molecular weight excluding hydrogens is 846 g/mol. The van der Waals surface area contributed by atoms with Crippen LogP contribution in [0.25, 0.3) is 10.9 Å². The molecule has 0 aliphatic heterocycles. The predicted octanol–water partition coefficient (Wildman–Crippen LogP) is 0.289. The van der Waals surface area contributed by atoms with Crippen molar-refractivity contribution >= 4 is 58.3 Å². The lowest BCUT2D eigenvalue weighted by molar-refractivity contribution is -0.192. The van der Waals surface area contributed by atoms with Crippen molar-refractivity contribution in [3.63, 3.8) is 0 Å². The smallest absolute Gasteiger partial charge is 0.475 e. The molecule has 0 unspecified atom stereocenters. The third-order valence-electron chi connectivity index (χ3n) is 9.33. The molecule has 4 atom stereocenters. The Morgan fingerprint density at radius 2 is 1.41 bits per heavy atom. The number of aliphatic imine (C=N–C) groups is 1. The number of amides is 6. The summed E-state index contributed by atoms with van der Waals surface area (Å²) in [6, 6.07) is 11.8. The highest BCUT2D eigenvalue weighted by molar-refractivity contribution is 5.96. The number of primary amides is 1. The molecule has 0 fully saturated rings. The Balaban J connectivity index is 0.00000143. The van der Waals surface area contributed by atoms with Crippen LogP contribution in [0.4, 0.5) is 13.2 Å². The van der Waals surface area contributed by atoms with Crippen molar-refractivity contribution in [1.82, 2.24) is 41.1 Å². The summed E-state index contributed by atoms with van der Waals surface area (Å²) < 4.78 is 31.7. The Labute approximate surface area is 365 Å². The van der Waals surface area contributed by atoms with Crippen LogP contribution in [0, 0.1) is 0 Å². The Bertz CT molecular complexity index is 2210. The van der Waals surface area contributed by atoms with Crippen molar-refractivity contribution in [2.45, 2.75) is 82.2 Å². The molecule has 346 valence electrons. The number of H-pyrrole nitrogens is 2. The summed E-state index contributed by atoms with van der Waals surface area (Å²) in [5, 5.41) is 19.1. The molecule has 23 heteroatoms. The van der Waals surface area contributed by atoms with Crippen molar-refractivity contribution in [1.29, 1.82) is 0 Å². The predicted molar refractivity (Wildman–Crippen MR) is 228 cm³/mol. The lowest BCUT2D eigenvalue weighted by atomic mass is 10.0. The summed E-state index contributed by atoms with van der Waals surface area (Å²) in [4.78, 5) is 105. The number of likely N-dealkylation sites (N-methyl/N-ethyl adjacent to an activating group) is 1. The average Bonchev–Trinajstić information content (AvgIpc) is 3.91. The summed E-state index contributed by atoms with van der Waals surface area (Å²) >= 11 is 0. The fourth-order valence-electron chi connectivity index (χ4n) is 6.27. The second-order valence-electron chi connectivity index (χ2n) is 14.5. The Kier molecular flexibility index (Phi) is 19.8. The number of alkyl halides is 3. The van der Waals surface area contributed by atoms with Crippen molar-refractivity contribution in [2.75, 3.05) is 20.1 Å². The van der Waals surface area contributed by atoms with E-state index in [2.05, 4.69) is 41.2 Å². The van der Waals surface area contributed by atoms with Gasteiger partial charge in [0.05, 0.1) is 12.9 Å². The van der Waals surface area contributed by atoms with E-state index in [0.29, 0.717) is 17.7 Å². The third-order valence-corrected chi connectivity index (χ3v) is 9.33. The van der Waals surface area contributed by atoms with Crippen LogP contribution < -0.4 is 38.5 Å². The molecule has 0 aliphatic rings. The first-order valence-electron chi connectivity index (χ1n) is 19.9. The van der Waals surface area contributed by atoms with Gasteiger partial charge in [0.2, 0.25) is 35.4 Å². The number of nitrogens with one attached hydrogen (secondary N) is 6. The lowest BCUT2D eigenvalue weighted by Crippen LogP contribution is -2.59. The molecule has 0 saturated carbocycles. The quantitative estimate of drug-likeness (QED) is 0.0290. The first-order valence-corrected chi connectivity index (χ1v) is 19.9. The number of imidazole rings is 1. The van der Waals surface area contributed by atoms with Crippen LogP contribution in [0.3, 0.4) is 0 Å². The molecule has 2 aromatic heterocycles. The van der Waals surface area contributed by atoms with Gasteiger partial charge in [-0.3, -0.25) is 33.8 Å². The van der Waals surface area contributed by atoms with Crippen molar-refractivity contribution in [3.05, 3.63) is 90.1 Å². The minimum absolute atomic E-state index is 0.0417. The average molecular weight is 899 g/mol. The van der Waals surface area contributed by atoms with E-state index in [1.807, 2.05) is 37.3 Å². The number of carboxylic acid groups (broad SMARTS) is 1. The molecule has 6 amide bonds. The fraction of sp³-hybridized carbons (Fsp3) is 0.390. The van der Waals surface area contributed by atoms with Crippen molar-refractivity contribution < 1.29 is 51.8 Å². The van der Waals surface area contributed by atoms with Crippen molar-refractivity contribution in [2.24, 2.45) is 22.2 Å². The molecule has 13 N–H and O–H groups in total. The maximum atomic E-state index is 14.2. The van der Waals surface area contributed by atoms with E-state index in [0.717, 1.165) is 21.4 Å². The van der Waals surface area contributed by atoms with Gasteiger partial charge in [-0.15, -0.1) is 0 Å². The molecule has 2 aromatic carbocycles. The highest BCUT2D eigenvalue weighted by atomic mass is 19.4. The van der Waals surface area contributed by atoms with Crippen LogP contribution >= 0.6 is 0 Å². The molecule has 0 spiro atoms. The molecule has 0 aliphatic carbocycles. The van der Waals surface area contributed by atoms with E-state index < -0.39 is 65.8 Å².